The second-order valence-electron chi connectivity index (χ2n) is 9.21. The van der Waals surface area contributed by atoms with Crippen LogP contribution in [-0.2, 0) is 14.2 Å². The van der Waals surface area contributed by atoms with Gasteiger partial charge in [-0.2, -0.15) is 0 Å². The maximum atomic E-state index is 12.5. The van der Waals surface area contributed by atoms with Crippen LogP contribution in [0.5, 0.6) is 11.6 Å². The molecule has 2 aromatic heterocycles. The Labute approximate surface area is 214 Å². The smallest absolute Gasteiger partial charge is 0.417 e. The van der Waals surface area contributed by atoms with Gasteiger partial charge in [0.25, 0.3) is 0 Å². The standard InChI is InChI=1S/C27H28N4O6/c1-33-23-8-7-20-26(30-23)25-18(14-35-21(25)12-29-20)9-10-28-11-19-13-31(27(32)36-19)24-16-34-15-22(37-24)17-5-3-2-4-6-17/h2-3,5,7-8,12,15-16,18-19,28H,4,6,9-11,13-14H2,1H3/t18-,19?/m0/s1. The first kappa shape index (κ1) is 23.4. The molecule has 0 saturated carbocycles. The van der Waals surface area contributed by atoms with Gasteiger partial charge in [0.15, 0.2) is 12.0 Å². The van der Waals surface area contributed by atoms with Crippen molar-refractivity contribution in [2.75, 3.05) is 33.4 Å². The van der Waals surface area contributed by atoms with Crippen LogP contribution in [0.2, 0.25) is 0 Å². The quantitative estimate of drug-likeness (QED) is 0.536. The lowest BCUT2D eigenvalue weighted by Crippen LogP contribution is -2.32. The summed E-state index contributed by atoms with van der Waals surface area (Å²) >= 11 is 0. The number of allylic oxidation sites excluding steroid dienone is 4. The minimum absolute atomic E-state index is 0.183. The van der Waals surface area contributed by atoms with Crippen LogP contribution in [0, 0.1) is 0 Å². The van der Waals surface area contributed by atoms with Gasteiger partial charge in [-0.25, -0.2) is 14.7 Å². The topological polar surface area (TPSA) is 104 Å². The molecule has 1 fully saturated rings. The maximum absolute atomic E-state index is 12.5. The molecule has 0 spiro atoms. The van der Waals surface area contributed by atoms with Crippen molar-refractivity contribution in [3.05, 3.63) is 71.9 Å². The first-order valence-electron chi connectivity index (χ1n) is 12.4. The summed E-state index contributed by atoms with van der Waals surface area (Å²) in [6, 6.07) is 3.72. The van der Waals surface area contributed by atoms with Gasteiger partial charge in [0.2, 0.25) is 11.8 Å². The number of fused-ring (bicyclic) bond motifs is 3. The van der Waals surface area contributed by atoms with E-state index in [9.17, 15) is 4.79 Å². The fraction of sp³-hybridized carbons (Fsp3) is 0.370. The number of hydrogen-bond acceptors (Lipinski definition) is 9. The van der Waals surface area contributed by atoms with Crippen LogP contribution in [-0.4, -0.2) is 60.4 Å². The molecule has 5 heterocycles. The minimum atomic E-state index is -0.447. The normalized spacial score (nSPS) is 22.4. The van der Waals surface area contributed by atoms with Crippen LogP contribution in [0.1, 0.15) is 30.7 Å². The number of rotatable bonds is 8. The molecule has 1 N–H and O–H groups in total. The van der Waals surface area contributed by atoms with E-state index in [4.69, 9.17) is 23.7 Å². The summed E-state index contributed by atoms with van der Waals surface area (Å²) in [6.07, 6.45) is 12.8. The molecule has 192 valence electrons. The SMILES string of the molecule is COc1ccc2ncc3c(c2n1)[C@@H](CCNCC1CN(C2=COC=C(C4=CC=CCC4)O2)C(=O)O1)CO3. The molecule has 3 aliphatic heterocycles. The fourth-order valence-corrected chi connectivity index (χ4v) is 4.91. The number of aromatic nitrogens is 2. The average molecular weight is 505 g/mol. The lowest BCUT2D eigenvalue weighted by molar-refractivity contribution is 0.118. The monoisotopic (exact) mass is 504 g/mol. The number of nitrogens with zero attached hydrogens (tertiary/aromatic N) is 3. The van der Waals surface area contributed by atoms with Gasteiger partial charge in [0.1, 0.15) is 23.6 Å². The summed E-state index contributed by atoms with van der Waals surface area (Å²) in [5.74, 6) is 2.46. The van der Waals surface area contributed by atoms with E-state index in [0.717, 1.165) is 53.7 Å². The highest BCUT2D eigenvalue weighted by atomic mass is 16.6. The molecule has 37 heavy (non-hydrogen) atoms. The Morgan fingerprint density at radius 1 is 1.27 bits per heavy atom. The van der Waals surface area contributed by atoms with Crippen LogP contribution in [0.15, 0.2) is 66.3 Å². The zero-order valence-electron chi connectivity index (χ0n) is 20.5. The summed E-state index contributed by atoms with van der Waals surface area (Å²) < 4.78 is 28.2. The number of cyclic esters (lactones) is 1. The summed E-state index contributed by atoms with van der Waals surface area (Å²) in [4.78, 5) is 23.1. The molecule has 1 aliphatic carbocycles. The number of methoxy groups -OCH3 is 1. The Bertz CT molecular complexity index is 1330. The van der Waals surface area contributed by atoms with Gasteiger partial charge < -0.3 is 29.0 Å². The summed E-state index contributed by atoms with van der Waals surface area (Å²) in [5, 5.41) is 3.42. The van der Waals surface area contributed by atoms with E-state index in [0.29, 0.717) is 37.2 Å². The molecule has 0 radical (unpaired) electrons. The second kappa shape index (κ2) is 10.1. The molecule has 10 nitrogen and oxygen atoms in total. The Kier molecular flexibility index (Phi) is 6.40. The highest BCUT2D eigenvalue weighted by Gasteiger charge is 2.36. The molecule has 1 unspecified atom stereocenters. The summed E-state index contributed by atoms with van der Waals surface area (Å²) in [5.41, 5.74) is 3.74. The van der Waals surface area contributed by atoms with E-state index in [2.05, 4.69) is 21.4 Å². The largest absolute Gasteiger partial charge is 0.491 e. The van der Waals surface area contributed by atoms with Gasteiger partial charge in [-0.05, 0) is 37.4 Å². The first-order chi connectivity index (χ1) is 18.2. The third kappa shape index (κ3) is 4.72. The molecule has 4 aliphatic rings. The van der Waals surface area contributed by atoms with Crippen LogP contribution in [0.4, 0.5) is 4.79 Å². The van der Waals surface area contributed by atoms with Crippen molar-refractivity contribution in [2.24, 2.45) is 0 Å². The van der Waals surface area contributed by atoms with Gasteiger partial charge in [0, 0.05) is 24.1 Å². The van der Waals surface area contributed by atoms with E-state index in [1.807, 2.05) is 24.3 Å². The summed E-state index contributed by atoms with van der Waals surface area (Å²) in [6.45, 7) is 2.21. The number of pyridine rings is 2. The zero-order chi connectivity index (χ0) is 25.2. The number of carbonyl (C=O) groups is 1. The fourth-order valence-electron chi connectivity index (χ4n) is 4.91. The van der Waals surface area contributed by atoms with E-state index < -0.39 is 6.09 Å². The van der Waals surface area contributed by atoms with E-state index in [1.165, 1.54) is 11.2 Å². The highest BCUT2D eigenvalue weighted by molar-refractivity contribution is 5.81. The lowest BCUT2D eigenvalue weighted by atomic mass is 9.97. The van der Waals surface area contributed by atoms with E-state index in [1.54, 1.807) is 19.6 Å². The Balaban J connectivity index is 1.02. The molecular formula is C27H28N4O6. The number of ether oxygens (including phenoxy) is 5. The molecule has 0 aromatic carbocycles. The van der Waals surface area contributed by atoms with Crippen LogP contribution < -0.4 is 14.8 Å². The molecule has 0 bridgehead atoms. The van der Waals surface area contributed by atoms with Gasteiger partial charge in [-0.15, -0.1) is 0 Å². The minimum Gasteiger partial charge on any atom is -0.491 e. The zero-order valence-corrected chi connectivity index (χ0v) is 20.5. The van der Waals surface area contributed by atoms with Crippen molar-refractivity contribution in [1.29, 1.82) is 0 Å². The van der Waals surface area contributed by atoms with Gasteiger partial charge in [0.05, 0.1) is 32.0 Å². The molecule has 2 atom stereocenters. The Morgan fingerprint density at radius 2 is 2.22 bits per heavy atom. The van der Waals surface area contributed by atoms with E-state index >= 15 is 0 Å². The maximum Gasteiger partial charge on any atom is 0.417 e. The molecule has 6 rings (SSSR count). The predicted octanol–water partition coefficient (Wildman–Crippen LogP) is 3.88. The molecular weight excluding hydrogens is 476 g/mol. The highest BCUT2D eigenvalue weighted by Crippen LogP contribution is 2.39. The Hall–Kier alpha value is -4.05. The van der Waals surface area contributed by atoms with Crippen molar-refractivity contribution in [3.63, 3.8) is 0 Å². The van der Waals surface area contributed by atoms with Crippen molar-refractivity contribution in [1.82, 2.24) is 20.2 Å². The van der Waals surface area contributed by atoms with E-state index in [-0.39, 0.29) is 12.0 Å². The molecule has 1 amide bonds. The van der Waals surface area contributed by atoms with Crippen LogP contribution >= 0.6 is 0 Å². The molecule has 2 aromatic rings. The number of carbonyl (C=O) groups excluding carboxylic acids is 1. The number of nitrogens with one attached hydrogen (secondary N) is 1. The van der Waals surface area contributed by atoms with Gasteiger partial charge in [-0.1, -0.05) is 18.2 Å². The molecule has 1 saturated heterocycles. The third-order valence-corrected chi connectivity index (χ3v) is 6.82. The van der Waals surface area contributed by atoms with Crippen molar-refractivity contribution in [2.45, 2.75) is 31.3 Å². The van der Waals surface area contributed by atoms with Crippen molar-refractivity contribution >= 4 is 17.1 Å². The number of amides is 1. The van der Waals surface area contributed by atoms with Gasteiger partial charge in [-0.3, -0.25) is 4.98 Å². The Morgan fingerprint density at radius 3 is 3.08 bits per heavy atom. The summed E-state index contributed by atoms with van der Waals surface area (Å²) in [7, 11) is 1.60. The van der Waals surface area contributed by atoms with Crippen LogP contribution in [0.3, 0.4) is 0 Å². The van der Waals surface area contributed by atoms with Crippen molar-refractivity contribution < 1.29 is 28.5 Å². The average Bonchev–Trinajstić information content (AvgIpc) is 3.54. The van der Waals surface area contributed by atoms with Crippen LogP contribution in [0.25, 0.3) is 11.0 Å². The molecule has 10 heteroatoms. The third-order valence-electron chi connectivity index (χ3n) is 6.82. The lowest BCUT2D eigenvalue weighted by Gasteiger charge is -2.23. The first-order valence-corrected chi connectivity index (χ1v) is 12.4. The van der Waals surface area contributed by atoms with Gasteiger partial charge >= 0.3 is 6.09 Å². The predicted molar refractivity (Wildman–Crippen MR) is 134 cm³/mol. The van der Waals surface area contributed by atoms with Crippen molar-refractivity contribution in [3.8, 4) is 11.6 Å². The number of hydrogen-bond donors (Lipinski definition) is 1. The second-order valence-corrected chi connectivity index (χ2v) is 9.21.